The number of rotatable bonds is 3. The van der Waals surface area contributed by atoms with Gasteiger partial charge in [-0.05, 0) is 6.92 Å². The minimum Gasteiger partial charge on any atom is -0.468 e. The third-order valence-corrected chi connectivity index (χ3v) is 2.40. The van der Waals surface area contributed by atoms with Gasteiger partial charge in [0.1, 0.15) is 3.42 Å². The fourth-order valence-corrected chi connectivity index (χ4v) is 1.50. The predicted molar refractivity (Wildman–Crippen MR) is 50.1 cm³/mol. The third kappa shape index (κ3) is 3.72. The van der Waals surface area contributed by atoms with Crippen LogP contribution in [-0.2, 0) is 9.53 Å². The van der Waals surface area contributed by atoms with Crippen molar-refractivity contribution in [1.29, 1.82) is 0 Å². The van der Waals surface area contributed by atoms with Crippen molar-refractivity contribution >= 4 is 28.6 Å². The van der Waals surface area contributed by atoms with E-state index >= 15 is 0 Å². The van der Waals surface area contributed by atoms with Crippen molar-refractivity contribution in [1.82, 2.24) is 0 Å². The summed E-state index contributed by atoms with van der Waals surface area (Å²) < 4.78 is 62.9. The monoisotopic (exact) mass is 346 g/mol. The molecule has 0 aliphatic carbocycles. The molecule has 1 unspecified atom stereocenters. The Morgan fingerprint density at radius 1 is 1.27 bits per heavy atom. The van der Waals surface area contributed by atoms with Gasteiger partial charge in [0.15, 0.2) is 0 Å². The maximum atomic E-state index is 12.6. The van der Waals surface area contributed by atoms with Gasteiger partial charge in [-0.25, -0.2) is 0 Å². The average Bonchev–Trinajstić information content (AvgIpc) is 1.98. The molecular formula is C7H8F5IO2. The van der Waals surface area contributed by atoms with Crippen LogP contribution in [0.2, 0.25) is 0 Å². The molecule has 0 spiro atoms. The second kappa shape index (κ2) is 4.38. The van der Waals surface area contributed by atoms with Crippen molar-refractivity contribution < 1.29 is 31.5 Å². The molecule has 0 aromatic carbocycles. The largest absolute Gasteiger partial charge is 0.468 e. The SMILES string of the molecule is COC(=O)C(C)(I)CC(F)(F)C(F)(F)F. The van der Waals surface area contributed by atoms with Crippen LogP contribution in [-0.4, -0.2) is 28.6 Å². The first kappa shape index (κ1) is 14.8. The van der Waals surface area contributed by atoms with Crippen LogP contribution in [0, 0.1) is 0 Å². The van der Waals surface area contributed by atoms with Gasteiger partial charge in [-0.2, -0.15) is 22.0 Å². The summed E-state index contributed by atoms with van der Waals surface area (Å²) in [5, 5.41) is 0. The van der Waals surface area contributed by atoms with Gasteiger partial charge >= 0.3 is 18.1 Å². The molecule has 0 aliphatic rings. The Bertz CT molecular complexity index is 248. The molecule has 2 nitrogen and oxygen atoms in total. The highest BCUT2D eigenvalue weighted by atomic mass is 127. The summed E-state index contributed by atoms with van der Waals surface area (Å²) in [6, 6.07) is 0. The zero-order chi connectivity index (χ0) is 12.5. The molecule has 0 rings (SSSR count). The molecule has 0 N–H and O–H groups in total. The van der Waals surface area contributed by atoms with E-state index in [1.807, 2.05) is 0 Å². The van der Waals surface area contributed by atoms with Gasteiger partial charge in [0.25, 0.3) is 0 Å². The van der Waals surface area contributed by atoms with Gasteiger partial charge in [0.05, 0.1) is 7.11 Å². The van der Waals surface area contributed by atoms with Crippen molar-refractivity contribution in [3.8, 4) is 0 Å². The zero-order valence-electron chi connectivity index (χ0n) is 7.79. The van der Waals surface area contributed by atoms with Crippen molar-refractivity contribution in [3.05, 3.63) is 0 Å². The lowest BCUT2D eigenvalue weighted by atomic mass is 10.0. The maximum Gasteiger partial charge on any atom is 0.453 e. The standard InChI is InChI=1S/C7H8F5IO2/c1-5(13,4(14)15-2)3-6(8,9)7(10,11)12/h3H2,1-2H3. The van der Waals surface area contributed by atoms with E-state index in [1.165, 1.54) is 22.6 Å². The van der Waals surface area contributed by atoms with Gasteiger partial charge in [0, 0.05) is 6.42 Å². The molecule has 0 heterocycles. The van der Waals surface area contributed by atoms with Crippen LogP contribution in [0.5, 0.6) is 0 Å². The first-order chi connectivity index (χ1) is 6.44. The number of hydrogen-bond donors (Lipinski definition) is 0. The zero-order valence-corrected chi connectivity index (χ0v) is 9.95. The Morgan fingerprint density at radius 2 is 1.67 bits per heavy atom. The Balaban J connectivity index is 4.80. The molecule has 0 aliphatic heterocycles. The van der Waals surface area contributed by atoms with Crippen molar-refractivity contribution in [2.45, 2.75) is 28.9 Å². The van der Waals surface area contributed by atoms with Crippen LogP contribution in [0.25, 0.3) is 0 Å². The number of esters is 1. The molecule has 0 fully saturated rings. The Morgan fingerprint density at radius 3 is 1.93 bits per heavy atom. The van der Waals surface area contributed by atoms with Gasteiger partial charge < -0.3 is 4.74 Å². The first-order valence-electron chi connectivity index (χ1n) is 3.66. The minimum atomic E-state index is -5.66. The summed E-state index contributed by atoms with van der Waals surface area (Å²) in [6.45, 7) is 0.957. The number of carbonyl (C=O) groups excluding carboxylic acids is 1. The number of methoxy groups -OCH3 is 1. The minimum absolute atomic E-state index is 0.922. The summed E-state index contributed by atoms with van der Waals surface area (Å²) in [5.41, 5.74) is 0. The van der Waals surface area contributed by atoms with Crippen LogP contribution in [0.4, 0.5) is 22.0 Å². The Labute approximate surface area is 96.3 Å². The van der Waals surface area contributed by atoms with E-state index in [1.54, 1.807) is 0 Å². The molecule has 8 heteroatoms. The lowest BCUT2D eigenvalue weighted by Crippen LogP contribution is -2.44. The van der Waals surface area contributed by atoms with Crippen molar-refractivity contribution in [2.75, 3.05) is 7.11 Å². The van der Waals surface area contributed by atoms with Gasteiger partial charge in [0.2, 0.25) is 0 Å². The molecule has 0 saturated heterocycles. The van der Waals surface area contributed by atoms with Crippen LogP contribution < -0.4 is 0 Å². The highest BCUT2D eigenvalue weighted by Crippen LogP contribution is 2.43. The fourth-order valence-electron chi connectivity index (χ4n) is 0.802. The summed E-state index contributed by atoms with van der Waals surface area (Å²) in [6.07, 6.45) is -7.30. The highest BCUT2D eigenvalue weighted by Gasteiger charge is 2.60. The normalized spacial score (nSPS) is 17.1. The summed E-state index contributed by atoms with van der Waals surface area (Å²) in [5.74, 6) is -6.02. The molecule has 1 atom stereocenters. The molecule has 90 valence electrons. The second-order valence-electron chi connectivity index (χ2n) is 3.07. The highest BCUT2D eigenvalue weighted by molar-refractivity contribution is 14.1. The summed E-state index contributed by atoms with van der Waals surface area (Å²) >= 11 is 1.21. The molecule has 0 amide bonds. The van der Waals surface area contributed by atoms with Crippen molar-refractivity contribution in [3.63, 3.8) is 0 Å². The smallest absolute Gasteiger partial charge is 0.453 e. The average molecular weight is 346 g/mol. The summed E-state index contributed by atoms with van der Waals surface area (Å²) in [4.78, 5) is 10.9. The van der Waals surface area contributed by atoms with Crippen molar-refractivity contribution in [2.24, 2.45) is 0 Å². The van der Waals surface area contributed by atoms with E-state index < -0.39 is 27.9 Å². The van der Waals surface area contributed by atoms with E-state index in [0.29, 0.717) is 0 Å². The molecule has 0 aromatic heterocycles. The molecule has 15 heavy (non-hydrogen) atoms. The van der Waals surface area contributed by atoms with E-state index in [0.717, 1.165) is 14.0 Å². The topological polar surface area (TPSA) is 26.3 Å². The van der Waals surface area contributed by atoms with Gasteiger partial charge in [-0.15, -0.1) is 0 Å². The molecule has 0 aromatic rings. The Hall–Kier alpha value is -0.150. The predicted octanol–water partition coefficient (Wildman–Crippen LogP) is 2.94. The van der Waals surface area contributed by atoms with Crippen LogP contribution in [0.15, 0.2) is 0 Å². The number of hydrogen-bond acceptors (Lipinski definition) is 2. The van der Waals surface area contributed by atoms with E-state index in [-0.39, 0.29) is 0 Å². The van der Waals surface area contributed by atoms with E-state index in [2.05, 4.69) is 4.74 Å². The van der Waals surface area contributed by atoms with Gasteiger partial charge in [-0.3, -0.25) is 4.79 Å². The molecule has 0 bridgehead atoms. The second-order valence-corrected chi connectivity index (χ2v) is 5.45. The number of alkyl halides is 6. The third-order valence-electron chi connectivity index (χ3n) is 1.58. The van der Waals surface area contributed by atoms with E-state index in [9.17, 15) is 26.7 Å². The van der Waals surface area contributed by atoms with Crippen LogP contribution in [0.3, 0.4) is 0 Å². The van der Waals surface area contributed by atoms with Crippen LogP contribution in [0.1, 0.15) is 13.3 Å². The lowest BCUT2D eigenvalue weighted by molar-refractivity contribution is -0.285. The lowest BCUT2D eigenvalue weighted by Gasteiger charge is -2.26. The number of carbonyl (C=O) groups is 1. The van der Waals surface area contributed by atoms with E-state index in [4.69, 9.17) is 0 Å². The Kier molecular flexibility index (Phi) is 4.34. The molecule has 0 radical (unpaired) electrons. The first-order valence-corrected chi connectivity index (χ1v) is 4.74. The molecule has 0 saturated carbocycles. The number of ether oxygens (including phenoxy) is 1. The maximum absolute atomic E-state index is 12.6. The van der Waals surface area contributed by atoms with Crippen LogP contribution >= 0.6 is 22.6 Å². The summed E-state index contributed by atoms with van der Waals surface area (Å²) in [7, 11) is 0.922. The fraction of sp³-hybridized carbons (Fsp3) is 0.857. The van der Waals surface area contributed by atoms with Gasteiger partial charge in [-0.1, -0.05) is 22.6 Å². The molecular weight excluding hydrogens is 338 g/mol. The number of halogens is 6. The quantitative estimate of drug-likeness (QED) is 0.340.